The molecule has 3 heteroatoms. The first-order chi connectivity index (χ1) is 9.70. The van der Waals surface area contributed by atoms with E-state index in [1.54, 1.807) is 0 Å². The largest absolute Gasteiger partial charge is 0.369 e. The summed E-state index contributed by atoms with van der Waals surface area (Å²) in [5.74, 6) is -0.0282. The average molecular weight is 288 g/mol. The number of hydrogen-bond donors (Lipinski definition) is 2. The summed E-state index contributed by atoms with van der Waals surface area (Å²) in [4.78, 5) is 11.9. The number of carbonyl (C=O) groups is 1. The highest BCUT2D eigenvalue weighted by Crippen LogP contribution is 2.36. The van der Waals surface area contributed by atoms with Gasteiger partial charge in [-0.3, -0.25) is 4.79 Å². The van der Waals surface area contributed by atoms with Crippen LogP contribution in [0.15, 0.2) is 24.3 Å². The summed E-state index contributed by atoms with van der Waals surface area (Å²) < 4.78 is 0. The number of nitrogens with one attached hydrogen (secondary N) is 1. The summed E-state index contributed by atoms with van der Waals surface area (Å²) in [6, 6.07) is 9.04. The zero-order valence-electron chi connectivity index (χ0n) is 13.8. The molecule has 116 valence electrons. The molecule has 4 atom stereocenters. The second-order valence-electron chi connectivity index (χ2n) is 7.56. The first kappa shape index (κ1) is 16.0. The number of rotatable bonds is 2. The first-order valence-corrected chi connectivity index (χ1v) is 7.86. The highest BCUT2D eigenvalue weighted by Gasteiger charge is 2.38. The molecule has 1 heterocycles. The maximum atomic E-state index is 11.9. The standard InChI is InChI=1S/C18H28N2O/c1-11-10-12(2)20-16(15(11)17(19)21)13-6-8-14(9-7-13)18(3,4)5/h6-9,11-12,15-16,20H,10H2,1-5H3,(H2,19,21). The average Bonchev–Trinajstić information content (AvgIpc) is 2.36. The zero-order valence-corrected chi connectivity index (χ0v) is 13.8. The Balaban J connectivity index is 2.31. The first-order valence-electron chi connectivity index (χ1n) is 7.86. The van der Waals surface area contributed by atoms with Gasteiger partial charge in [0.1, 0.15) is 0 Å². The van der Waals surface area contributed by atoms with Gasteiger partial charge in [-0.15, -0.1) is 0 Å². The quantitative estimate of drug-likeness (QED) is 0.878. The highest BCUT2D eigenvalue weighted by molar-refractivity contribution is 5.78. The molecule has 0 saturated carbocycles. The Labute approximate surface area is 128 Å². The van der Waals surface area contributed by atoms with Gasteiger partial charge in [0.25, 0.3) is 0 Å². The van der Waals surface area contributed by atoms with Crippen LogP contribution in [0, 0.1) is 11.8 Å². The van der Waals surface area contributed by atoms with Crippen LogP contribution in [0.5, 0.6) is 0 Å². The Hall–Kier alpha value is -1.35. The van der Waals surface area contributed by atoms with Crippen LogP contribution in [0.4, 0.5) is 0 Å². The summed E-state index contributed by atoms with van der Waals surface area (Å²) in [6.07, 6.45) is 0.990. The molecule has 0 aromatic heterocycles. The van der Waals surface area contributed by atoms with Crippen molar-refractivity contribution >= 4 is 5.91 Å². The van der Waals surface area contributed by atoms with Gasteiger partial charge in [-0.05, 0) is 35.8 Å². The summed E-state index contributed by atoms with van der Waals surface area (Å²) in [5.41, 5.74) is 8.25. The molecule has 0 aliphatic carbocycles. The molecule has 0 radical (unpaired) electrons. The second-order valence-corrected chi connectivity index (χ2v) is 7.56. The maximum Gasteiger partial charge on any atom is 0.222 e. The third kappa shape index (κ3) is 3.46. The predicted octanol–water partition coefficient (Wildman–Crippen LogP) is 3.14. The monoisotopic (exact) mass is 288 g/mol. The van der Waals surface area contributed by atoms with Gasteiger partial charge < -0.3 is 11.1 Å². The minimum absolute atomic E-state index is 0.0234. The van der Waals surface area contributed by atoms with Crippen molar-refractivity contribution in [3.63, 3.8) is 0 Å². The number of amides is 1. The van der Waals surface area contributed by atoms with Crippen LogP contribution < -0.4 is 11.1 Å². The molecule has 1 aromatic carbocycles. The van der Waals surface area contributed by atoms with E-state index in [1.807, 2.05) is 0 Å². The van der Waals surface area contributed by atoms with Crippen LogP contribution >= 0.6 is 0 Å². The van der Waals surface area contributed by atoms with Crippen LogP contribution in [0.2, 0.25) is 0 Å². The fourth-order valence-electron chi connectivity index (χ4n) is 3.45. The molecule has 0 spiro atoms. The van der Waals surface area contributed by atoms with E-state index in [1.165, 1.54) is 5.56 Å². The van der Waals surface area contributed by atoms with Gasteiger partial charge in [-0.25, -0.2) is 0 Å². The maximum absolute atomic E-state index is 11.9. The Morgan fingerprint density at radius 2 is 1.76 bits per heavy atom. The summed E-state index contributed by atoms with van der Waals surface area (Å²) in [6.45, 7) is 10.9. The minimum atomic E-state index is -0.202. The third-order valence-corrected chi connectivity index (χ3v) is 4.63. The highest BCUT2D eigenvalue weighted by atomic mass is 16.1. The topological polar surface area (TPSA) is 55.1 Å². The number of benzene rings is 1. The smallest absolute Gasteiger partial charge is 0.222 e. The van der Waals surface area contributed by atoms with E-state index in [0.29, 0.717) is 12.0 Å². The van der Waals surface area contributed by atoms with E-state index < -0.39 is 0 Å². The van der Waals surface area contributed by atoms with Crippen molar-refractivity contribution in [3.05, 3.63) is 35.4 Å². The van der Waals surface area contributed by atoms with Crippen molar-refractivity contribution in [2.45, 2.75) is 58.5 Å². The van der Waals surface area contributed by atoms with Gasteiger partial charge in [0.2, 0.25) is 5.91 Å². The minimum Gasteiger partial charge on any atom is -0.369 e. The van der Waals surface area contributed by atoms with Crippen molar-refractivity contribution in [2.24, 2.45) is 17.6 Å². The van der Waals surface area contributed by atoms with Gasteiger partial charge in [-0.2, -0.15) is 0 Å². The molecule has 1 amide bonds. The van der Waals surface area contributed by atoms with Crippen LogP contribution in [-0.4, -0.2) is 11.9 Å². The molecule has 2 rings (SSSR count). The van der Waals surface area contributed by atoms with E-state index in [9.17, 15) is 4.79 Å². The van der Waals surface area contributed by atoms with Gasteiger partial charge in [0.15, 0.2) is 0 Å². The molecule has 1 fully saturated rings. The van der Waals surface area contributed by atoms with Crippen LogP contribution in [0.25, 0.3) is 0 Å². The molecule has 1 saturated heterocycles. The number of carbonyl (C=O) groups excluding carboxylic acids is 1. The lowest BCUT2D eigenvalue weighted by Gasteiger charge is -2.39. The molecular formula is C18H28N2O. The van der Waals surface area contributed by atoms with Gasteiger partial charge >= 0.3 is 0 Å². The van der Waals surface area contributed by atoms with Gasteiger partial charge in [0, 0.05) is 12.1 Å². The van der Waals surface area contributed by atoms with Gasteiger partial charge in [0.05, 0.1) is 5.92 Å². The lowest BCUT2D eigenvalue weighted by atomic mass is 9.76. The third-order valence-electron chi connectivity index (χ3n) is 4.63. The predicted molar refractivity (Wildman–Crippen MR) is 86.9 cm³/mol. The molecular weight excluding hydrogens is 260 g/mol. The van der Waals surface area contributed by atoms with Crippen molar-refractivity contribution in [1.82, 2.24) is 5.32 Å². The SMILES string of the molecule is CC1CC(C)C(C(N)=O)C(c2ccc(C(C)(C)C)cc2)N1. The number of primary amides is 1. The molecule has 1 aliphatic heterocycles. The Morgan fingerprint density at radius 1 is 1.19 bits per heavy atom. The van der Waals surface area contributed by atoms with Crippen LogP contribution in [-0.2, 0) is 10.2 Å². The summed E-state index contributed by atoms with van der Waals surface area (Å²) >= 11 is 0. The Kier molecular flexibility index (Phi) is 4.43. The second kappa shape index (κ2) is 5.80. The van der Waals surface area contributed by atoms with E-state index >= 15 is 0 Å². The molecule has 3 nitrogen and oxygen atoms in total. The number of nitrogens with two attached hydrogens (primary N) is 1. The van der Waals surface area contributed by atoms with Crippen molar-refractivity contribution in [3.8, 4) is 0 Å². The lowest BCUT2D eigenvalue weighted by Crippen LogP contribution is -2.49. The van der Waals surface area contributed by atoms with Crippen molar-refractivity contribution in [2.75, 3.05) is 0 Å². The van der Waals surface area contributed by atoms with E-state index in [0.717, 1.165) is 12.0 Å². The number of piperidine rings is 1. The van der Waals surface area contributed by atoms with E-state index in [-0.39, 0.29) is 23.3 Å². The van der Waals surface area contributed by atoms with Crippen LogP contribution in [0.1, 0.15) is 58.2 Å². The number of hydrogen-bond acceptors (Lipinski definition) is 2. The normalized spacial score (nSPS) is 30.1. The molecule has 1 aromatic rings. The van der Waals surface area contributed by atoms with E-state index in [2.05, 4.69) is 64.2 Å². The molecule has 3 N–H and O–H groups in total. The van der Waals surface area contributed by atoms with Gasteiger partial charge in [-0.1, -0.05) is 52.0 Å². The van der Waals surface area contributed by atoms with Crippen molar-refractivity contribution in [1.29, 1.82) is 0 Å². The zero-order chi connectivity index (χ0) is 15.8. The van der Waals surface area contributed by atoms with Crippen molar-refractivity contribution < 1.29 is 4.79 Å². The lowest BCUT2D eigenvalue weighted by molar-refractivity contribution is -0.125. The Bertz CT molecular complexity index is 501. The molecule has 0 bridgehead atoms. The van der Waals surface area contributed by atoms with E-state index in [4.69, 9.17) is 5.73 Å². The fraction of sp³-hybridized carbons (Fsp3) is 0.611. The summed E-state index contributed by atoms with van der Waals surface area (Å²) in [7, 11) is 0. The fourth-order valence-corrected chi connectivity index (χ4v) is 3.45. The molecule has 4 unspecified atom stereocenters. The molecule has 1 aliphatic rings. The molecule has 21 heavy (non-hydrogen) atoms. The Morgan fingerprint density at radius 3 is 2.24 bits per heavy atom. The summed E-state index contributed by atoms with van der Waals surface area (Å²) in [5, 5.41) is 3.55. The van der Waals surface area contributed by atoms with Crippen LogP contribution in [0.3, 0.4) is 0 Å².